The van der Waals surface area contributed by atoms with Crippen LogP contribution in [0, 0.1) is 11.6 Å². The zero-order valence-corrected chi connectivity index (χ0v) is 17.2. The Morgan fingerprint density at radius 3 is 2.35 bits per heavy atom. The minimum absolute atomic E-state index is 0.174. The van der Waals surface area contributed by atoms with E-state index in [0.29, 0.717) is 22.6 Å². The van der Waals surface area contributed by atoms with Crippen molar-refractivity contribution in [2.45, 2.75) is 13.3 Å². The van der Waals surface area contributed by atoms with Gasteiger partial charge >= 0.3 is 5.97 Å². The van der Waals surface area contributed by atoms with Gasteiger partial charge in [-0.05, 0) is 88.9 Å². The Balaban J connectivity index is 1.65. The maximum Gasteiger partial charge on any atom is 0.307 e. The summed E-state index contributed by atoms with van der Waals surface area (Å²) in [5.41, 5.74) is 4.53. The molecule has 0 bridgehead atoms. The molecule has 4 rings (SSSR count). The average molecular weight is 439 g/mol. The predicted molar refractivity (Wildman–Crippen MR) is 117 cm³/mol. The van der Waals surface area contributed by atoms with Crippen LogP contribution in [0.2, 0.25) is 5.02 Å². The fraction of sp³-hybridized carbons (Fsp3) is 0.0800. The van der Waals surface area contributed by atoms with Crippen LogP contribution in [0.3, 0.4) is 0 Å². The number of ether oxygens (including phenoxy) is 1. The van der Waals surface area contributed by atoms with Crippen molar-refractivity contribution in [1.29, 1.82) is 0 Å². The zero-order chi connectivity index (χ0) is 22.1. The van der Waals surface area contributed by atoms with Crippen LogP contribution in [-0.4, -0.2) is 11.1 Å². The van der Waals surface area contributed by atoms with E-state index >= 15 is 0 Å². The van der Waals surface area contributed by atoms with Crippen molar-refractivity contribution < 1.29 is 23.4 Å². The minimum Gasteiger partial charge on any atom is -0.481 e. The van der Waals surface area contributed by atoms with Crippen molar-refractivity contribution in [3.05, 3.63) is 99.6 Å². The Labute approximate surface area is 182 Å². The topological polar surface area (TPSA) is 46.5 Å². The lowest BCUT2D eigenvalue weighted by atomic mass is 10.0. The van der Waals surface area contributed by atoms with E-state index in [1.807, 2.05) is 25.1 Å². The molecule has 0 saturated heterocycles. The molecule has 0 amide bonds. The normalized spacial score (nSPS) is 14.1. The molecule has 3 aromatic carbocycles. The van der Waals surface area contributed by atoms with Crippen LogP contribution in [0.1, 0.15) is 30.0 Å². The highest BCUT2D eigenvalue weighted by atomic mass is 35.5. The molecule has 156 valence electrons. The van der Waals surface area contributed by atoms with Crippen molar-refractivity contribution in [3.8, 4) is 11.5 Å². The lowest BCUT2D eigenvalue weighted by molar-refractivity contribution is -0.135. The van der Waals surface area contributed by atoms with E-state index in [2.05, 4.69) is 0 Å². The van der Waals surface area contributed by atoms with Gasteiger partial charge in [0, 0.05) is 0 Å². The first-order valence-electron chi connectivity index (χ1n) is 9.48. The van der Waals surface area contributed by atoms with Crippen LogP contribution in [0.5, 0.6) is 11.5 Å². The van der Waals surface area contributed by atoms with Gasteiger partial charge in [-0.2, -0.15) is 0 Å². The Morgan fingerprint density at radius 2 is 1.68 bits per heavy atom. The molecule has 0 aromatic heterocycles. The monoisotopic (exact) mass is 438 g/mol. The molecule has 3 aromatic rings. The molecule has 1 N–H and O–H groups in total. The smallest absolute Gasteiger partial charge is 0.307 e. The van der Waals surface area contributed by atoms with E-state index in [-0.39, 0.29) is 11.4 Å². The summed E-state index contributed by atoms with van der Waals surface area (Å²) in [5, 5.41) is 9.43. The largest absolute Gasteiger partial charge is 0.481 e. The van der Waals surface area contributed by atoms with Gasteiger partial charge in [-0.15, -0.1) is 0 Å². The summed E-state index contributed by atoms with van der Waals surface area (Å²) < 4.78 is 32.7. The third-order valence-electron chi connectivity index (χ3n) is 5.09. The first-order valence-corrected chi connectivity index (χ1v) is 9.86. The molecule has 0 fully saturated rings. The third kappa shape index (κ3) is 4.37. The molecule has 3 nitrogen and oxygen atoms in total. The molecule has 6 heteroatoms. The van der Waals surface area contributed by atoms with Gasteiger partial charge in [-0.25, -0.2) is 8.78 Å². The highest BCUT2D eigenvalue weighted by molar-refractivity contribution is 6.32. The molecule has 1 aliphatic carbocycles. The minimum atomic E-state index is -0.966. The summed E-state index contributed by atoms with van der Waals surface area (Å²) in [4.78, 5) is 11.3. The summed E-state index contributed by atoms with van der Waals surface area (Å²) in [5.74, 6) is -0.938. The Bertz CT molecular complexity index is 1240. The number of carbonyl (C=O) groups is 1. The van der Waals surface area contributed by atoms with Crippen molar-refractivity contribution in [1.82, 2.24) is 0 Å². The number of carboxylic acid groups (broad SMARTS) is 1. The summed E-state index contributed by atoms with van der Waals surface area (Å²) in [7, 11) is 0. The molecule has 0 saturated carbocycles. The third-order valence-corrected chi connectivity index (χ3v) is 5.39. The summed E-state index contributed by atoms with van der Waals surface area (Å²) in [6.07, 6.45) is 1.75. The SMILES string of the molecule is CC1=C(CC(=O)O)c2cc(F)ccc2/C1=C\c1ccc(Oc2ccc(F)cc2Cl)cc1. The van der Waals surface area contributed by atoms with E-state index in [1.54, 1.807) is 18.2 Å². The first-order chi connectivity index (χ1) is 14.8. The Hall–Kier alpha value is -3.44. The van der Waals surface area contributed by atoms with Crippen LogP contribution in [0.15, 0.2) is 66.2 Å². The maximum atomic E-state index is 13.8. The molecule has 31 heavy (non-hydrogen) atoms. The van der Waals surface area contributed by atoms with E-state index in [9.17, 15) is 18.7 Å². The second-order valence-electron chi connectivity index (χ2n) is 7.17. The maximum absolute atomic E-state index is 13.8. The molecule has 0 aliphatic heterocycles. The molecular formula is C25H17ClF2O3. The molecule has 0 unspecified atom stereocenters. The summed E-state index contributed by atoms with van der Waals surface area (Å²) >= 11 is 6.00. The summed E-state index contributed by atoms with van der Waals surface area (Å²) in [6, 6.07) is 15.5. The van der Waals surface area contributed by atoms with E-state index in [0.717, 1.165) is 22.3 Å². The van der Waals surface area contributed by atoms with Crippen LogP contribution >= 0.6 is 11.6 Å². The number of hydrogen-bond acceptors (Lipinski definition) is 2. The highest BCUT2D eigenvalue weighted by Gasteiger charge is 2.25. The second-order valence-corrected chi connectivity index (χ2v) is 7.58. The molecule has 0 heterocycles. The van der Waals surface area contributed by atoms with Crippen LogP contribution < -0.4 is 4.74 Å². The lowest BCUT2D eigenvalue weighted by Gasteiger charge is -2.08. The Morgan fingerprint density at radius 1 is 1.00 bits per heavy atom. The van der Waals surface area contributed by atoms with E-state index < -0.39 is 17.6 Å². The fourth-order valence-electron chi connectivity index (χ4n) is 3.62. The number of fused-ring (bicyclic) bond motifs is 1. The molecular weight excluding hydrogens is 422 g/mol. The van der Waals surface area contributed by atoms with Gasteiger partial charge in [0.05, 0.1) is 11.4 Å². The predicted octanol–water partition coefficient (Wildman–Crippen LogP) is 7.21. The number of halogens is 3. The van der Waals surface area contributed by atoms with Crippen LogP contribution in [0.25, 0.3) is 17.2 Å². The van der Waals surface area contributed by atoms with Gasteiger partial charge in [0.25, 0.3) is 0 Å². The van der Waals surface area contributed by atoms with Crippen LogP contribution in [0.4, 0.5) is 8.78 Å². The first kappa shape index (κ1) is 20.8. The molecule has 0 atom stereocenters. The fourth-order valence-corrected chi connectivity index (χ4v) is 3.82. The zero-order valence-electron chi connectivity index (χ0n) is 16.5. The van der Waals surface area contributed by atoms with Crippen molar-refractivity contribution in [2.24, 2.45) is 0 Å². The van der Waals surface area contributed by atoms with Crippen LogP contribution in [-0.2, 0) is 4.79 Å². The van der Waals surface area contributed by atoms with Gasteiger partial charge in [0.2, 0.25) is 0 Å². The number of rotatable bonds is 5. The van der Waals surface area contributed by atoms with Gasteiger partial charge < -0.3 is 9.84 Å². The van der Waals surface area contributed by atoms with E-state index in [1.165, 1.54) is 30.3 Å². The average Bonchev–Trinajstić information content (AvgIpc) is 2.96. The number of allylic oxidation sites excluding steroid dienone is 2. The molecule has 0 radical (unpaired) electrons. The van der Waals surface area contributed by atoms with Gasteiger partial charge in [0.15, 0.2) is 0 Å². The Kier molecular flexibility index (Phi) is 5.61. The number of aliphatic carboxylic acids is 1. The van der Waals surface area contributed by atoms with Crippen molar-refractivity contribution >= 4 is 34.8 Å². The van der Waals surface area contributed by atoms with Gasteiger partial charge in [-0.1, -0.05) is 29.8 Å². The molecule has 0 spiro atoms. The highest BCUT2D eigenvalue weighted by Crippen LogP contribution is 2.44. The quantitative estimate of drug-likeness (QED) is 0.457. The van der Waals surface area contributed by atoms with Crippen molar-refractivity contribution in [3.63, 3.8) is 0 Å². The number of carboxylic acids is 1. The molecule has 1 aliphatic rings. The van der Waals surface area contributed by atoms with Gasteiger partial charge in [-0.3, -0.25) is 4.79 Å². The van der Waals surface area contributed by atoms with Crippen molar-refractivity contribution in [2.75, 3.05) is 0 Å². The van der Waals surface area contributed by atoms with Gasteiger partial charge in [0.1, 0.15) is 23.1 Å². The summed E-state index contributed by atoms with van der Waals surface area (Å²) in [6.45, 7) is 1.84. The second kappa shape index (κ2) is 8.36. The standard InChI is InChI=1S/C25H17ClF2O3/c1-14-20(19-8-4-16(27)11-22(19)21(14)13-25(29)30)10-15-2-6-18(7-3-15)31-24-9-5-17(28)12-23(24)26/h2-12H,13H2,1H3,(H,29,30)/b20-10-. The lowest BCUT2D eigenvalue weighted by Crippen LogP contribution is -1.97. The number of hydrogen-bond donors (Lipinski definition) is 1. The number of benzene rings is 3. The van der Waals surface area contributed by atoms with E-state index in [4.69, 9.17) is 16.3 Å².